The number of ether oxygens (including phenoxy) is 3. The molecule has 2 amide bonds. The Morgan fingerprint density at radius 2 is 1.71 bits per heavy atom. The molecule has 0 aliphatic heterocycles. The second kappa shape index (κ2) is 8.31. The summed E-state index contributed by atoms with van der Waals surface area (Å²) in [7, 11) is 2.99. The van der Waals surface area contributed by atoms with Crippen molar-refractivity contribution in [1.29, 1.82) is 0 Å². The van der Waals surface area contributed by atoms with Gasteiger partial charge in [0.15, 0.2) is 0 Å². The van der Waals surface area contributed by atoms with Crippen molar-refractivity contribution < 1.29 is 19.0 Å². The molecule has 0 aromatic heterocycles. The van der Waals surface area contributed by atoms with E-state index in [1.807, 2.05) is 6.92 Å². The average molecular weight is 351 g/mol. The Morgan fingerprint density at radius 3 is 2.29 bits per heavy atom. The third-order valence-corrected chi connectivity index (χ3v) is 3.44. The van der Waals surface area contributed by atoms with Crippen LogP contribution in [0.5, 0.6) is 17.2 Å². The van der Waals surface area contributed by atoms with Crippen molar-refractivity contribution >= 4 is 29.0 Å². The summed E-state index contributed by atoms with van der Waals surface area (Å²) in [5, 5.41) is 5.83. The lowest BCUT2D eigenvalue weighted by atomic mass is 10.2. The van der Waals surface area contributed by atoms with E-state index in [0.29, 0.717) is 34.5 Å². The van der Waals surface area contributed by atoms with Crippen LogP contribution in [0.25, 0.3) is 0 Å². The Labute approximate surface area is 145 Å². The van der Waals surface area contributed by atoms with Gasteiger partial charge in [-0.05, 0) is 31.2 Å². The molecule has 0 aliphatic rings. The summed E-state index contributed by atoms with van der Waals surface area (Å²) in [5.74, 6) is 1.61. The monoisotopic (exact) mass is 350 g/mol. The van der Waals surface area contributed by atoms with Gasteiger partial charge in [-0.1, -0.05) is 11.6 Å². The summed E-state index contributed by atoms with van der Waals surface area (Å²) in [6.07, 6.45) is 0. The molecule has 2 N–H and O–H groups in total. The summed E-state index contributed by atoms with van der Waals surface area (Å²) >= 11 is 6.04. The predicted octanol–water partition coefficient (Wildman–Crippen LogP) is 4.40. The van der Waals surface area contributed by atoms with Gasteiger partial charge in [0.25, 0.3) is 0 Å². The fourth-order valence-corrected chi connectivity index (χ4v) is 2.27. The molecule has 2 aromatic rings. The molecule has 0 atom stereocenters. The molecule has 0 bridgehead atoms. The molecule has 2 aromatic carbocycles. The first-order chi connectivity index (χ1) is 11.6. The minimum absolute atomic E-state index is 0.395. The summed E-state index contributed by atoms with van der Waals surface area (Å²) in [6.45, 7) is 2.50. The topological polar surface area (TPSA) is 68.8 Å². The van der Waals surface area contributed by atoms with Crippen LogP contribution in [0, 0.1) is 0 Å². The van der Waals surface area contributed by atoms with Crippen molar-refractivity contribution in [1.82, 2.24) is 0 Å². The van der Waals surface area contributed by atoms with E-state index in [1.54, 1.807) is 36.4 Å². The van der Waals surface area contributed by atoms with E-state index < -0.39 is 6.03 Å². The number of amides is 2. The third kappa shape index (κ3) is 4.45. The smallest absolute Gasteiger partial charge is 0.323 e. The van der Waals surface area contributed by atoms with Crippen LogP contribution < -0.4 is 24.8 Å². The van der Waals surface area contributed by atoms with Crippen LogP contribution in [0.3, 0.4) is 0 Å². The Morgan fingerprint density at radius 1 is 1.04 bits per heavy atom. The molecule has 0 spiro atoms. The predicted molar refractivity (Wildman–Crippen MR) is 94.8 cm³/mol. The zero-order valence-electron chi connectivity index (χ0n) is 13.7. The van der Waals surface area contributed by atoms with Crippen LogP contribution in [0.15, 0.2) is 36.4 Å². The van der Waals surface area contributed by atoms with Crippen molar-refractivity contribution in [2.75, 3.05) is 31.5 Å². The van der Waals surface area contributed by atoms with Crippen LogP contribution in [-0.4, -0.2) is 26.9 Å². The van der Waals surface area contributed by atoms with Crippen LogP contribution in [0.1, 0.15) is 6.92 Å². The van der Waals surface area contributed by atoms with Gasteiger partial charge in [-0.2, -0.15) is 0 Å². The molecule has 0 aliphatic carbocycles. The number of hydrogen-bond acceptors (Lipinski definition) is 4. The van der Waals surface area contributed by atoms with Crippen molar-refractivity contribution in [2.45, 2.75) is 6.92 Å². The molecule has 128 valence electrons. The molecule has 0 unspecified atom stereocenters. The number of hydrogen-bond donors (Lipinski definition) is 2. The van der Waals surface area contributed by atoms with Crippen molar-refractivity contribution in [3.05, 3.63) is 41.4 Å². The number of halogens is 1. The lowest BCUT2D eigenvalue weighted by Gasteiger charge is -2.14. The van der Waals surface area contributed by atoms with E-state index in [-0.39, 0.29) is 0 Å². The Balaban J connectivity index is 2.09. The van der Waals surface area contributed by atoms with Crippen molar-refractivity contribution in [3.8, 4) is 17.2 Å². The van der Waals surface area contributed by atoms with Crippen molar-refractivity contribution in [2.24, 2.45) is 0 Å². The summed E-state index contributed by atoms with van der Waals surface area (Å²) in [5.41, 5.74) is 1.08. The summed E-state index contributed by atoms with van der Waals surface area (Å²) in [6, 6.07) is 9.83. The Kier molecular flexibility index (Phi) is 6.14. The lowest BCUT2D eigenvalue weighted by molar-refractivity contribution is 0.262. The minimum atomic E-state index is -0.415. The van der Waals surface area contributed by atoms with Crippen LogP contribution in [-0.2, 0) is 0 Å². The zero-order chi connectivity index (χ0) is 17.5. The molecule has 24 heavy (non-hydrogen) atoms. The Hall–Kier alpha value is -2.60. The van der Waals surface area contributed by atoms with Gasteiger partial charge >= 0.3 is 6.03 Å². The first kappa shape index (κ1) is 17.7. The molecule has 6 nitrogen and oxygen atoms in total. The molecule has 0 saturated heterocycles. The minimum Gasteiger partial charge on any atom is -0.495 e. The maximum atomic E-state index is 12.2. The molecule has 0 radical (unpaired) electrons. The standard InChI is InChI=1S/C17H19ClN2O4/c1-4-24-12-7-5-11(6-8-12)19-17(21)20-14-10-15(22-2)13(18)9-16(14)23-3/h5-10H,4H2,1-3H3,(H2,19,20,21). The highest BCUT2D eigenvalue weighted by atomic mass is 35.5. The van der Waals surface area contributed by atoms with Gasteiger partial charge < -0.3 is 24.8 Å². The highest BCUT2D eigenvalue weighted by Gasteiger charge is 2.12. The van der Waals surface area contributed by atoms with Gasteiger partial charge in [-0.3, -0.25) is 0 Å². The summed E-state index contributed by atoms with van der Waals surface area (Å²) < 4.78 is 15.7. The molecule has 0 saturated carbocycles. The van der Waals surface area contributed by atoms with Gasteiger partial charge in [-0.15, -0.1) is 0 Å². The fraction of sp³-hybridized carbons (Fsp3) is 0.235. The highest BCUT2D eigenvalue weighted by molar-refractivity contribution is 6.32. The van der Waals surface area contributed by atoms with E-state index in [2.05, 4.69) is 10.6 Å². The highest BCUT2D eigenvalue weighted by Crippen LogP contribution is 2.35. The molecule has 0 fully saturated rings. The number of urea groups is 1. The maximum absolute atomic E-state index is 12.2. The maximum Gasteiger partial charge on any atom is 0.323 e. The number of anilines is 2. The second-order valence-electron chi connectivity index (χ2n) is 4.72. The molecule has 7 heteroatoms. The van der Waals surface area contributed by atoms with Gasteiger partial charge in [0.1, 0.15) is 17.2 Å². The SMILES string of the molecule is CCOc1ccc(NC(=O)Nc2cc(OC)c(Cl)cc2OC)cc1. The average Bonchev–Trinajstić information content (AvgIpc) is 2.58. The third-order valence-electron chi connectivity index (χ3n) is 3.15. The number of methoxy groups -OCH3 is 2. The number of benzene rings is 2. The molecule has 2 rings (SSSR count). The lowest BCUT2D eigenvalue weighted by Crippen LogP contribution is -2.19. The van der Waals surface area contributed by atoms with Gasteiger partial charge in [0.2, 0.25) is 0 Å². The van der Waals surface area contributed by atoms with Crippen LogP contribution in [0.4, 0.5) is 16.2 Å². The molecular formula is C17H19ClN2O4. The number of rotatable bonds is 6. The zero-order valence-corrected chi connectivity index (χ0v) is 14.4. The number of carbonyl (C=O) groups excluding carboxylic acids is 1. The second-order valence-corrected chi connectivity index (χ2v) is 5.13. The molecule has 0 heterocycles. The van der Waals surface area contributed by atoms with E-state index in [1.165, 1.54) is 14.2 Å². The number of carbonyl (C=O) groups is 1. The first-order valence-corrected chi connectivity index (χ1v) is 7.67. The largest absolute Gasteiger partial charge is 0.495 e. The quantitative estimate of drug-likeness (QED) is 0.810. The van der Waals surface area contributed by atoms with E-state index in [4.69, 9.17) is 25.8 Å². The van der Waals surface area contributed by atoms with Gasteiger partial charge in [0, 0.05) is 17.8 Å². The fourth-order valence-electron chi connectivity index (χ4n) is 2.04. The van der Waals surface area contributed by atoms with Crippen LogP contribution in [0.2, 0.25) is 5.02 Å². The number of nitrogens with one attached hydrogen (secondary N) is 2. The normalized spacial score (nSPS) is 10.0. The van der Waals surface area contributed by atoms with Gasteiger partial charge in [0.05, 0.1) is 31.5 Å². The van der Waals surface area contributed by atoms with Crippen LogP contribution >= 0.6 is 11.6 Å². The Bertz CT molecular complexity index is 704. The first-order valence-electron chi connectivity index (χ1n) is 7.29. The van der Waals surface area contributed by atoms with Crippen molar-refractivity contribution in [3.63, 3.8) is 0 Å². The van der Waals surface area contributed by atoms with E-state index in [9.17, 15) is 4.79 Å². The van der Waals surface area contributed by atoms with E-state index in [0.717, 1.165) is 5.75 Å². The van der Waals surface area contributed by atoms with E-state index >= 15 is 0 Å². The van der Waals surface area contributed by atoms with Gasteiger partial charge in [-0.25, -0.2) is 4.79 Å². The summed E-state index contributed by atoms with van der Waals surface area (Å²) in [4.78, 5) is 12.2. The molecular weight excluding hydrogens is 332 g/mol.